The maximum absolute atomic E-state index is 12.8. The number of carbonyl (C=O) groups excluding carboxylic acids is 1. The van der Waals surface area contributed by atoms with Gasteiger partial charge in [-0.1, -0.05) is 6.07 Å². The summed E-state index contributed by atoms with van der Waals surface area (Å²) in [5.74, 6) is 0.482. The molecule has 0 spiro atoms. The van der Waals surface area contributed by atoms with Gasteiger partial charge in [0.25, 0.3) is 0 Å². The lowest BCUT2D eigenvalue weighted by Crippen LogP contribution is -2.24. The summed E-state index contributed by atoms with van der Waals surface area (Å²) in [7, 11) is 0. The van der Waals surface area contributed by atoms with Crippen molar-refractivity contribution in [2.45, 2.75) is 30.9 Å². The number of aromatic nitrogens is 2. The standard InChI is InChI=1S/C20H19F3N4O4/c21-20(22,23)10-2-1-3-11(6-10)24-19(30)25-12-4-5-13-14(7-12)27-18(26-13)16-8-15(29)17(9-28)31-16/h1-7,15-17,28-29H,8-9H2,(H,26,27)(H2,24,25,30)/t15-,16+,17+/m0/s1. The number of halogens is 3. The van der Waals surface area contributed by atoms with Crippen molar-refractivity contribution >= 4 is 28.4 Å². The van der Waals surface area contributed by atoms with Crippen molar-refractivity contribution in [1.82, 2.24) is 9.97 Å². The van der Waals surface area contributed by atoms with Gasteiger partial charge in [-0.3, -0.25) is 0 Å². The average Bonchev–Trinajstić information content (AvgIpc) is 3.30. The Hall–Kier alpha value is -3.15. The van der Waals surface area contributed by atoms with Crippen molar-refractivity contribution in [2.75, 3.05) is 17.2 Å². The Morgan fingerprint density at radius 3 is 2.61 bits per heavy atom. The van der Waals surface area contributed by atoms with Gasteiger partial charge in [0.15, 0.2) is 0 Å². The van der Waals surface area contributed by atoms with E-state index in [1.54, 1.807) is 18.2 Å². The largest absolute Gasteiger partial charge is 0.416 e. The number of H-pyrrole nitrogens is 1. The highest BCUT2D eigenvalue weighted by Crippen LogP contribution is 2.33. The van der Waals surface area contributed by atoms with Crippen LogP contribution in [-0.4, -0.2) is 45.0 Å². The third-order valence-electron chi connectivity index (χ3n) is 4.91. The molecular weight excluding hydrogens is 417 g/mol. The van der Waals surface area contributed by atoms with Crippen LogP contribution in [0.15, 0.2) is 42.5 Å². The van der Waals surface area contributed by atoms with E-state index in [4.69, 9.17) is 4.74 Å². The van der Waals surface area contributed by atoms with E-state index in [-0.39, 0.29) is 18.7 Å². The first kappa shape index (κ1) is 21.1. The molecule has 3 aromatic rings. The summed E-state index contributed by atoms with van der Waals surface area (Å²) in [6.07, 6.45) is -6.18. The molecule has 0 unspecified atom stereocenters. The SMILES string of the molecule is O=C(Nc1cccc(C(F)(F)F)c1)Nc1ccc2nc([C@H]3C[C@H](O)[C@@H](CO)O3)[nH]c2c1. The minimum absolute atomic E-state index is 0.00704. The number of aliphatic hydroxyl groups excluding tert-OH is 2. The molecule has 0 aliphatic carbocycles. The van der Waals surface area contributed by atoms with Gasteiger partial charge in [0.05, 0.1) is 29.3 Å². The van der Waals surface area contributed by atoms with Crippen LogP contribution < -0.4 is 10.6 Å². The van der Waals surface area contributed by atoms with Gasteiger partial charge in [0.2, 0.25) is 0 Å². The summed E-state index contributed by atoms with van der Waals surface area (Å²) in [6.45, 7) is -0.299. The van der Waals surface area contributed by atoms with E-state index >= 15 is 0 Å². The number of fused-ring (bicyclic) bond motifs is 1. The number of amides is 2. The molecule has 1 aliphatic heterocycles. The van der Waals surface area contributed by atoms with E-state index in [2.05, 4.69) is 20.6 Å². The number of alkyl halides is 3. The molecule has 2 amide bonds. The number of urea groups is 1. The van der Waals surface area contributed by atoms with Gasteiger partial charge < -0.3 is 30.6 Å². The molecule has 164 valence electrons. The molecule has 8 nitrogen and oxygen atoms in total. The minimum atomic E-state index is -4.51. The van der Waals surface area contributed by atoms with Crippen LogP contribution in [0.3, 0.4) is 0 Å². The lowest BCUT2D eigenvalue weighted by molar-refractivity contribution is -0.137. The Labute approximate surface area is 174 Å². The number of ether oxygens (including phenoxy) is 1. The maximum atomic E-state index is 12.8. The number of nitrogens with zero attached hydrogens (tertiary/aromatic N) is 1. The van der Waals surface area contributed by atoms with Crippen LogP contribution in [0, 0.1) is 0 Å². The molecule has 11 heteroatoms. The van der Waals surface area contributed by atoms with E-state index in [1.165, 1.54) is 12.1 Å². The molecule has 3 atom stereocenters. The smallest absolute Gasteiger partial charge is 0.394 e. The molecule has 0 saturated carbocycles. The van der Waals surface area contributed by atoms with E-state index < -0.39 is 36.1 Å². The number of hydrogen-bond donors (Lipinski definition) is 5. The maximum Gasteiger partial charge on any atom is 0.416 e. The fraction of sp³-hybridized carbons (Fsp3) is 0.300. The van der Waals surface area contributed by atoms with Crippen molar-refractivity contribution in [3.8, 4) is 0 Å². The number of aliphatic hydroxyl groups is 2. The molecule has 0 radical (unpaired) electrons. The Balaban J connectivity index is 1.45. The van der Waals surface area contributed by atoms with E-state index in [1.807, 2.05) is 0 Å². The molecule has 2 heterocycles. The molecular formula is C20H19F3N4O4. The van der Waals surface area contributed by atoms with Gasteiger partial charge in [-0.25, -0.2) is 9.78 Å². The Morgan fingerprint density at radius 2 is 1.94 bits per heavy atom. The second-order valence-electron chi connectivity index (χ2n) is 7.16. The minimum Gasteiger partial charge on any atom is -0.394 e. The normalized spacial score (nSPS) is 21.4. The predicted octanol–water partition coefficient (Wildman–Crippen LogP) is 3.41. The van der Waals surface area contributed by atoms with Gasteiger partial charge in [-0.2, -0.15) is 13.2 Å². The van der Waals surface area contributed by atoms with Gasteiger partial charge in [-0.05, 0) is 36.4 Å². The summed E-state index contributed by atoms with van der Waals surface area (Å²) in [4.78, 5) is 19.7. The zero-order chi connectivity index (χ0) is 22.2. The first-order valence-electron chi connectivity index (χ1n) is 9.42. The number of carbonyl (C=O) groups is 1. The Kier molecular flexibility index (Phi) is 5.56. The lowest BCUT2D eigenvalue weighted by atomic mass is 10.1. The zero-order valence-electron chi connectivity index (χ0n) is 16.0. The number of hydrogen-bond acceptors (Lipinski definition) is 5. The quantitative estimate of drug-likeness (QED) is 0.429. The van der Waals surface area contributed by atoms with Gasteiger partial charge in [0, 0.05) is 17.8 Å². The van der Waals surface area contributed by atoms with E-state index in [0.717, 1.165) is 12.1 Å². The highest BCUT2D eigenvalue weighted by atomic mass is 19.4. The molecule has 1 fully saturated rings. The van der Waals surface area contributed by atoms with Gasteiger partial charge in [0.1, 0.15) is 18.0 Å². The Bertz CT molecular complexity index is 1100. The topological polar surface area (TPSA) is 120 Å². The monoisotopic (exact) mass is 436 g/mol. The second-order valence-corrected chi connectivity index (χ2v) is 7.16. The lowest BCUT2D eigenvalue weighted by Gasteiger charge is -2.10. The highest BCUT2D eigenvalue weighted by molar-refractivity contribution is 6.00. The van der Waals surface area contributed by atoms with Crippen molar-refractivity contribution in [1.29, 1.82) is 0 Å². The zero-order valence-corrected chi connectivity index (χ0v) is 16.0. The summed E-state index contributed by atoms with van der Waals surface area (Å²) in [5, 5.41) is 24.0. The first-order valence-corrected chi connectivity index (χ1v) is 9.42. The molecule has 4 rings (SSSR count). The summed E-state index contributed by atoms with van der Waals surface area (Å²) in [5.41, 5.74) is 0.738. The van der Waals surface area contributed by atoms with Crippen LogP contribution in [0.1, 0.15) is 23.9 Å². The number of anilines is 2. The number of aromatic amines is 1. The molecule has 2 aromatic carbocycles. The van der Waals surface area contributed by atoms with Crippen molar-refractivity contribution in [3.63, 3.8) is 0 Å². The average molecular weight is 436 g/mol. The van der Waals surface area contributed by atoms with Crippen LogP contribution in [0.2, 0.25) is 0 Å². The molecule has 5 N–H and O–H groups in total. The third kappa shape index (κ3) is 4.63. The van der Waals surface area contributed by atoms with Crippen LogP contribution in [-0.2, 0) is 10.9 Å². The molecule has 31 heavy (non-hydrogen) atoms. The summed E-state index contributed by atoms with van der Waals surface area (Å²) < 4.78 is 44.0. The summed E-state index contributed by atoms with van der Waals surface area (Å²) in [6, 6.07) is 8.50. The third-order valence-corrected chi connectivity index (χ3v) is 4.91. The molecule has 1 aromatic heterocycles. The van der Waals surface area contributed by atoms with Crippen LogP contribution in [0.25, 0.3) is 11.0 Å². The van der Waals surface area contributed by atoms with Crippen LogP contribution in [0.4, 0.5) is 29.3 Å². The van der Waals surface area contributed by atoms with Gasteiger partial charge in [-0.15, -0.1) is 0 Å². The van der Waals surface area contributed by atoms with Crippen molar-refractivity contribution < 1.29 is 32.9 Å². The fourth-order valence-corrected chi connectivity index (χ4v) is 3.40. The van der Waals surface area contributed by atoms with Crippen molar-refractivity contribution in [3.05, 3.63) is 53.9 Å². The van der Waals surface area contributed by atoms with Crippen LogP contribution in [0.5, 0.6) is 0 Å². The molecule has 1 aliphatic rings. The number of benzene rings is 2. The molecule has 1 saturated heterocycles. The predicted molar refractivity (Wildman–Crippen MR) is 106 cm³/mol. The number of nitrogens with one attached hydrogen (secondary N) is 3. The van der Waals surface area contributed by atoms with E-state index in [0.29, 0.717) is 22.5 Å². The van der Waals surface area contributed by atoms with Crippen molar-refractivity contribution in [2.24, 2.45) is 0 Å². The number of imidazole rings is 1. The number of rotatable bonds is 4. The second kappa shape index (κ2) is 8.17. The summed E-state index contributed by atoms with van der Waals surface area (Å²) >= 11 is 0. The van der Waals surface area contributed by atoms with E-state index in [9.17, 15) is 28.2 Å². The Morgan fingerprint density at radius 1 is 1.19 bits per heavy atom. The van der Waals surface area contributed by atoms with Gasteiger partial charge >= 0.3 is 12.2 Å². The molecule has 0 bridgehead atoms. The highest BCUT2D eigenvalue weighted by Gasteiger charge is 2.36. The fourth-order valence-electron chi connectivity index (χ4n) is 3.40. The van der Waals surface area contributed by atoms with Crippen LogP contribution >= 0.6 is 0 Å². The first-order chi connectivity index (χ1) is 14.7.